The first-order valence-corrected chi connectivity index (χ1v) is 5.70. The van der Waals surface area contributed by atoms with Crippen LogP contribution in [0.4, 0.5) is 0 Å². The molecule has 1 saturated heterocycles. The monoisotopic (exact) mass is 198 g/mol. The Balaban J connectivity index is 2.29. The molecule has 3 nitrogen and oxygen atoms in total. The van der Waals surface area contributed by atoms with E-state index in [0.717, 1.165) is 13.0 Å². The number of nitrogens with two attached hydrogens (primary N) is 1. The number of hydrogen-bond donors (Lipinski definition) is 1. The average molecular weight is 198 g/mol. The normalized spacial score (nSPS) is 24.4. The Bertz CT molecular complexity index is 194. The molecule has 1 heterocycles. The summed E-state index contributed by atoms with van der Waals surface area (Å²) in [6.45, 7) is 5.08. The van der Waals surface area contributed by atoms with Gasteiger partial charge in [0, 0.05) is 25.0 Å². The highest BCUT2D eigenvalue weighted by molar-refractivity contribution is 5.79. The second kappa shape index (κ2) is 5.35. The molecule has 0 aromatic heterocycles. The molecule has 2 N–H and O–H groups in total. The molecule has 82 valence electrons. The van der Waals surface area contributed by atoms with Gasteiger partial charge in [-0.05, 0) is 13.3 Å². The van der Waals surface area contributed by atoms with Gasteiger partial charge in [0.15, 0.2) is 0 Å². The zero-order chi connectivity index (χ0) is 10.6. The molecule has 1 rings (SSSR count). The van der Waals surface area contributed by atoms with E-state index in [2.05, 4.69) is 13.8 Å². The standard InChI is InChI=1S/C11H22N2O/c1-3-4-5-6-9(2)13-8-10(12)7-11(13)14/h9-10H,3-8,12H2,1-2H3. The summed E-state index contributed by atoms with van der Waals surface area (Å²) in [4.78, 5) is 13.4. The van der Waals surface area contributed by atoms with E-state index in [1.165, 1.54) is 19.3 Å². The predicted octanol–water partition coefficient (Wildman–Crippen LogP) is 1.51. The number of hydrogen-bond acceptors (Lipinski definition) is 2. The fourth-order valence-electron chi connectivity index (χ4n) is 2.03. The number of carbonyl (C=O) groups is 1. The quantitative estimate of drug-likeness (QED) is 0.681. The van der Waals surface area contributed by atoms with E-state index < -0.39 is 0 Å². The van der Waals surface area contributed by atoms with Crippen LogP contribution in [0.25, 0.3) is 0 Å². The largest absolute Gasteiger partial charge is 0.338 e. The third kappa shape index (κ3) is 2.98. The molecule has 1 fully saturated rings. The van der Waals surface area contributed by atoms with Crippen LogP contribution in [0.5, 0.6) is 0 Å². The first kappa shape index (κ1) is 11.5. The summed E-state index contributed by atoms with van der Waals surface area (Å²) in [6.07, 6.45) is 5.37. The van der Waals surface area contributed by atoms with Gasteiger partial charge < -0.3 is 10.6 Å². The first-order chi connectivity index (χ1) is 6.65. The zero-order valence-corrected chi connectivity index (χ0v) is 9.33. The Morgan fingerprint density at radius 2 is 2.29 bits per heavy atom. The van der Waals surface area contributed by atoms with E-state index in [0.29, 0.717) is 12.5 Å². The van der Waals surface area contributed by atoms with Crippen LogP contribution in [-0.4, -0.2) is 29.4 Å². The van der Waals surface area contributed by atoms with Crippen molar-refractivity contribution in [2.24, 2.45) is 5.73 Å². The van der Waals surface area contributed by atoms with Gasteiger partial charge in [0.05, 0.1) is 0 Å². The van der Waals surface area contributed by atoms with Crippen molar-refractivity contribution in [1.29, 1.82) is 0 Å². The fourth-order valence-corrected chi connectivity index (χ4v) is 2.03. The van der Waals surface area contributed by atoms with E-state index in [-0.39, 0.29) is 11.9 Å². The van der Waals surface area contributed by atoms with Gasteiger partial charge in [-0.2, -0.15) is 0 Å². The van der Waals surface area contributed by atoms with Gasteiger partial charge in [-0.3, -0.25) is 4.79 Å². The van der Waals surface area contributed by atoms with Gasteiger partial charge in [-0.25, -0.2) is 0 Å². The highest BCUT2D eigenvalue weighted by Gasteiger charge is 2.29. The van der Waals surface area contributed by atoms with Gasteiger partial charge in [0.2, 0.25) is 5.91 Å². The van der Waals surface area contributed by atoms with Gasteiger partial charge >= 0.3 is 0 Å². The third-order valence-corrected chi connectivity index (χ3v) is 2.95. The van der Waals surface area contributed by atoms with Gasteiger partial charge in [0.1, 0.15) is 0 Å². The SMILES string of the molecule is CCCCCC(C)N1CC(N)CC1=O. The lowest BCUT2D eigenvalue weighted by molar-refractivity contribution is -0.129. The number of carbonyl (C=O) groups excluding carboxylic acids is 1. The Morgan fingerprint density at radius 3 is 2.79 bits per heavy atom. The summed E-state index contributed by atoms with van der Waals surface area (Å²) < 4.78 is 0. The van der Waals surface area contributed by atoms with Gasteiger partial charge in [0.25, 0.3) is 0 Å². The van der Waals surface area contributed by atoms with Gasteiger partial charge in [-0.1, -0.05) is 26.2 Å². The summed E-state index contributed by atoms with van der Waals surface area (Å²) in [5, 5.41) is 0. The van der Waals surface area contributed by atoms with Crippen molar-refractivity contribution in [1.82, 2.24) is 4.90 Å². The Hall–Kier alpha value is -0.570. The number of amides is 1. The molecule has 0 bridgehead atoms. The predicted molar refractivity (Wildman–Crippen MR) is 57.9 cm³/mol. The molecule has 14 heavy (non-hydrogen) atoms. The molecular formula is C11H22N2O. The minimum Gasteiger partial charge on any atom is -0.338 e. The molecule has 1 aliphatic rings. The lowest BCUT2D eigenvalue weighted by atomic mass is 10.1. The number of likely N-dealkylation sites (tertiary alicyclic amines) is 1. The summed E-state index contributed by atoms with van der Waals surface area (Å²) in [6, 6.07) is 0.443. The van der Waals surface area contributed by atoms with Gasteiger partial charge in [-0.15, -0.1) is 0 Å². The van der Waals surface area contributed by atoms with Crippen molar-refractivity contribution >= 4 is 5.91 Å². The van der Waals surface area contributed by atoms with Crippen LogP contribution < -0.4 is 5.73 Å². The molecular weight excluding hydrogens is 176 g/mol. The van der Waals surface area contributed by atoms with Crippen LogP contribution in [0.3, 0.4) is 0 Å². The fraction of sp³-hybridized carbons (Fsp3) is 0.909. The molecule has 2 atom stereocenters. The molecule has 3 heteroatoms. The molecule has 0 aromatic rings. The highest BCUT2D eigenvalue weighted by Crippen LogP contribution is 2.16. The van der Waals surface area contributed by atoms with Crippen LogP contribution in [0.2, 0.25) is 0 Å². The average Bonchev–Trinajstić information content (AvgIpc) is 2.45. The van der Waals surface area contributed by atoms with Crippen molar-refractivity contribution in [3.8, 4) is 0 Å². The molecule has 0 aromatic carbocycles. The van der Waals surface area contributed by atoms with Crippen LogP contribution in [0.15, 0.2) is 0 Å². The molecule has 0 aliphatic carbocycles. The van der Waals surface area contributed by atoms with Crippen LogP contribution in [0.1, 0.15) is 46.0 Å². The lowest BCUT2D eigenvalue weighted by Crippen LogP contribution is -2.35. The molecule has 2 unspecified atom stereocenters. The van der Waals surface area contributed by atoms with Crippen molar-refractivity contribution in [2.75, 3.05) is 6.54 Å². The second-order valence-corrected chi connectivity index (χ2v) is 4.36. The number of unbranched alkanes of at least 4 members (excludes halogenated alkanes) is 2. The van der Waals surface area contributed by atoms with E-state index in [1.807, 2.05) is 4.90 Å². The second-order valence-electron chi connectivity index (χ2n) is 4.36. The van der Waals surface area contributed by atoms with Crippen LogP contribution in [0, 0.1) is 0 Å². The van der Waals surface area contributed by atoms with E-state index in [1.54, 1.807) is 0 Å². The topological polar surface area (TPSA) is 46.3 Å². The number of rotatable bonds is 5. The van der Waals surface area contributed by atoms with Crippen molar-refractivity contribution < 1.29 is 4.79 Å². The molecule has 1 amide bonds. The van der Waals surface area contributed by atoms with Crippen LogP contribution >= 0.6 is 0 Å². The van der Waals surface area contributed by atoms with E-state index in [4.69, 9.17) is 5.73 Å². The maximum absolute atomic E-state index is 11.5. The summed E-state index contributed by atoms with van der Waals surface area (Å²) in [5.74, 6) is 0.237. The Morgan fingerprint density at radius 1 is 1.57 bits per heavy atom. The smallest absolute Gasteiger partial charge is 0.224 e. The zero-order valence-electron chi connectivity index (χ0n) is 9.33. The minimum absolute atomic E-state index is 0.0659. The molecule has 0 radical (unpaired) electrons. The van der Waals surface area contributed by atoms with Crippen molar-refractivity contribution in [3.63, 3.8) is 0 Å². The summed E-state index contributed by atoms with van der Waals surface area (Å²) in [5.41, 5.74) is 5.75. The third-order valence-electron chi connectivity index (χ3n) is 2.95. The van der Waals surface area contributed by atoms with Crippen molar-refractivity contribution in [2.45, 2.75) is 58.0 Å². The lowest BCUT2D eigenvalue weighted by Gasteiger charge is -2.24. The van der Waals surface area contributed by atoms with E-state index in [9.17, 15) is 4.79 Å². The first-order valence-electron chi connectivity index (χ1n) is 5.70. The van der Waals surface area contributed by atoms with Crippen LogP contribution in [-0.2, 0) is 4.79 Å². The molecule has 0 saturated carbocycles. The molecule has 0 spiro atoms. The Kier molecular flexibility index (Phi) is 4.39. The maximum Gasteiger partial charge on any atom is 0.224 e. The Labute approximate surface area is 86.6 Å². The van der Waals surface area contributed by atoms with Crippen molar-refractivity contribution in [3.05, 3.63) is 0 Å². The maximum atomic E-state index is 11.5. The minimum atomic E-state index is 0.0659. The number of nitrogens with zero attached hydrogens (tertiary/aromatic N) is 1. The summed E-state index contributed by atoms with van der Waals surface area (Å²) >= 11 is 0. The molecule has 1 aliphatic heterocycles. The summed E-state index contributed by atoms with van der Waals surface area (Å²) in [7, 11) is 0. The van der Waals surface area contributed by atoms with E-state index >= 15 is 0 Å². The highest BCUT2D eigenvalue weighted by atomic mass is 16.2.